The quantitative estimate of drug-likeness (QED) is 0.551. The summed E-state index contributed by atoms with van der Waals surface area (Å²) in [5.41, 5.74) is 2.78. The fourth-order valence-electron chi connectivity index (χ4n) is 4.41. The van der Waals surface area contributed by atoms with Crippen LogP contribution in [0.4, 0.5) is 0 Å². The van der Waals surface area contributed by atoms with Gasteiger partial charge in [0.05, 0.1) is 24.9 Å². The molecule has 2 aliphatic rings. The minimum atomic E-state index is -1.22. The van der Waals surface area contributed by atoms with E-state index in [0.29, 0.717) is 18.0 Å². The van der Waals surface area contributed by atoms with Crippen LogP contribution in [0.5, 0.6) is 5.75 Å². The van der Waals surface area contributed by atoms with Crippen molar-refractivity contribution in [1.82, 2.24) is 9.66 Å². The number of nitrogens with zero attached hydrogens (tertiary/aromatic N) is 3. The maximum Gasteiger partial charge on any atom is 0.341 e. The summed E-state index contributed by atoms with van der Waals surface area (Å²) in [6, 6.07) is 5.56. The number of carbonyl (C=O) groups is 1. The summed E-state index contributed by atoms with van der Waals surface area (Å²) in [6.07, 6.45) is 8.42. The molecule has 1 saturated carbocycles. The van der Waals surface area contributed by atoms with E-state index in [0.717, 1.165) is 34.0 Å². The summed E-state index contributed by atoms with van der Waals surface area (Å²) in [6.45, 7) is 4.67. The molecule has 1 N–H and O–H groups in total. The van der Waals surface area contributed by atoms with Crippen LogP contribution in [0, 0.1) is 5.92 Å². The molecule has 33 heavy (non-hydrogen) atoms. The zero-order chi connectivity index (χ0) is 23.3. The first-order chi connectivity index (χ1) is 15.9. The lowest BCUT2D eigenvalue weighted by molar-refractivity contribution is 0.0694. The van der Waals surface area contributed by atoms with Crippen molar-refractivity contribution in [3.8, 4) is 27.6 Å². The van der Waals surface area contributed by atoms with Gasteiger partial charge in [-0.05, 0) is 50.3 Å². The van der Waals surface area contributed by atoms with E-state index in [-0.39, 0.29) is 11.6 Å². The third kappa shape index (κ3) is 4.04. The SMILES string of the molecule is COc1cc2c(cc1-c1ncc(CCC3CC3)s1)CN(C(C)C)n1cc(C(=O)O)c(=O)cc1-2. The van der Waals surface area contributed by atoms with Crippen molar-refractivity contribution in [3.05, 3.63) is 56.8 Å². The van der Waals surface area contributed by atoms with Crippen molar-refractivity contribution in [1.29, 1.82) is 0 Å². The summed E-state index contributed by atoms with van der Waals surface area (Å²) in [7, 11) is 1.64. The number of aromatic carboxylic acids is 1. The molecule has 1 aliphatic carbocycles. The van der Waals surface area contributed by atoms with Crippen LogP contribution in [0.2, 0.25) is 0 Å². The van der Waals surface area contributed by atoms with E-state index in [9.17, 15) is 14.7 Å². The molecule has 172 valence electrons. The molecule has 2 aromatic heterocycles. The first-order valence-electron chi connectivity index (χ1n) is 11.3. The van der Waals surface area contributed by atoms with E-state index in [1.165, 1.54) is 36.4 Å². The lowest BCUT2D eigenvalue weighted by Crippen LogP contribution is -2.44. The van der Waals surface area contributed by atoms with Crippen LogP contribution < -0.4 is 15.2 Å². The molecular weight excluding hydrogens is 438 g/mol. The van der Waals surface area contributed by atoms with E-state index in [4.69, 9.17) is 9.72 Å². The number of pyridine rings is 1. The Morgan fingerprint density at radius 1 is 1.27 bits per heavy atom. The Hall–Kier alpha value is -3.13. The zero-order valence-electron chi connectivity index (χ0n) is 19.0. The van der Waals surface area contributed by atoms with Crippen molar-refractivity contribution in [2.75, 3.05) is 12.1 Å². The van der Waals surface area contributed by atoms with Crippen LogP contribution in [-0.4, -0.2) is 33.9 Å². The second kappa shape index (κ2) is 8.33. The van der Waals surface area contributed by atoms with Gasteiger partial charge in [0.1, 0.15) is 16.3 Å². The van der Waals surface area contributed by atoms with Crippen LogP contribution >= 0.6 is 11.3 Å². The third-order valence-corrected chi connectivity index (χ3v) is 7.54. The number of hydrogen-bond donors (Lipinski definition) is 1. The van der Waals surface area contributed by atoms with E-state index < -0.39 is 11.4 Å². The van der Waals surface area contributed by atoms with Gasteiger partial charge >= 0.3 is 5.97 Å². The highest BCUT2D eigenvalue weighted by Crippen LogP contribution is 2.41. The summed E-state index contributed by atoms with van der Waals surface area (Å²) in [5.74, 6) is 0.358. The number of aromatic nitrogens is 2. The van der Waals surface area contributed by atoms with Gasteiger partial charge in [0.15, 0.2) is 5.43 Å². The molecule has 1 aromatic carbocycles. The van der Waals surface area contributed by atoms with Crippen LogP contribution in [0.1, 0.15) is 53.9 Å². The van der Waals surface area contributed by atoms with Crippen LogP contribution in [-0.2, 0) is 13.0 Å². The first kappa shape index (κ1) is 21.7. The maximum atomic E-state index is 12.5. The van der Waals surface area contributed by atoms with Gasteiger partial charge in [-0.25, -0.2) is 9.78 Å². The number of ether oxygens (including phenoxy) is 1. The first-order valence-corrected chi connectivity index (χ1v) is 12.1. The highest BCUT2D eigenvalue weighted by atomic mass is 32.1. The summed E-state index contributed by atoms with van der Waals surface area (Å²) < 4.78 is 7.52. The summed E-state index contributed by atoms with van der Waals surface area (Å²) in [4.78, 5) is 30.1. The predicted octanol–water partition coefficient (Wildman–Crippen LogP) is 4.55. The number of carboxylic acids is 1. The Morgan fingerprint density at radius 2 is 2.06 bits per heavy atom. The molecule has 3 heterocycles. The molecule has 1 fully saturated rings. The standard InChI is InChI=1S/C25H27N3O4S/c1-14(2)27-12-16-8-19(24-26-11-17(33-24)7-6-15-4-5-15)23(32-3)9-18(16)21-10-22(29)20(25(30)31)13-28(21)27/h8-11,13-15H,4-7,12H2,1-3H3,(H,30,31). The molecule has 0 atom stereocenters. The van der Waals surface area contributed by atoms with Gasteiger partial charge in [0.2, 0.25) is 0 Å². The number of aryl methyl sites for hydroxylation is 1. The minimum Gasteiger partial charge on any atom is -0.496 e. The van der Waals surface area contributed by atoms with Crippen LogP contribution in [0.15, 0.2) is 35.4 Å². The van der Waals surface area contributed by atoms with Crippen molar-refractivity contribution < 1.29 is 14.6 Å². The average Bonchev–Trinajstić information content (AvgIpc) is 3.51. The van der Waals surface area contributed by atoms with Gasteiger partial charge in [-0.1, -0.05) is 12.8 Å². The Morgan fingerprint density at radius 3 is 2.73 bits per heavy atom. The number of rotatable bonds is 7. The molecule has 0 spiro atoms. The van der Waals surface area contributed by atoms with Gasteiger partial charge in [0.25, 0.3) is 0 Å². The summed E-state index contributed by atoms with van der Waals surface area (Å²) in [5, 5.41) is 12.4. The maximum absolute atomic E-state index is 12.5. The largest absolute Gasteiger partial charge is 0.496 e. The van der Waals surface area contributed by atoms with E-state index >= 15 is 0 Å². The van der Waals surface area contributed by atoms with Crippen LogP contribution in [0.3, 0.4) is 0 Å². The van der Waals surface area contributed by atoms with Gasteiger partial charge < -0.3 is 14.9 Å². The fourth-order valence-corrected chi connectivity index (χ4v) is 5.36. The Bertz CT molecular complexity index is 1290. The van der Waals surface area contributed by atoms with Gasteiger partial charge in [-0.15, -0.1) is 11.3 Å². The number of hydrogen-bond acceptors (Lipinski definition) is 6. The predicted molar refractivity (Wildman–Crippen MR) is 129 cm³/mol. The smallest absolute Gasteiger partial charge is 0.341 e. The molecule has 0 amide bonds. The van der Waals surface area contributed by atoms with Crippen molar-refractivity contribution in [2.24, 2.45) is 5.92 Å². The topological polar surface area (TPSA) is 84.7 Å². The Labute approximate surface area is 196 Å². The molecule has 1 aliphatic heterocycles. The summed E-state index contributed by atoms with van der Waals surface area (Å²) >= 11 is 1.71. The normalized spacial score (nSPS) is 14.8. The fraction of sp³-hybridized carbons (Fsp3) is 0.400. The molecule has 0 radical (unpaired) electrons. The van der Waals surface area contributed by atoms with E-state index in [1.54, 1.807) is 23.1 Å². The van der Waals surface area contributed by atoms with Crippen molar-refractivity contribution in [2.45, 2.75) is 52.1 Å². The lowest BCUT2D eigenvalue weighted by Gasteiger charge is -2.38. The molecule has 7 nitrogen and oxygen atoms in total. The zero-order valence-corrected chi connectivity index (χ0v) is 19.8. The number of methoxy groups -OCH3 is 1. The van der Waals surface area contributed by atoms with E-state index in [2.05, 4.69) is 11.1 Å². The monoisotopic (exact) mass is 465 g/mol. The van der Waals surface area contributed by atoms with Crippen molar-refractivity contribution >= 4 is 17.3 Å². The Balaban J connectivity index is 1.60. The molecule has 0 bridgehead atoms. The van der Waals surface area contributed by atoms with E-state index in [1.807, 2.05) is 26.1 Å². The number of thiazole rings is 1. The Kier molecular flexibility index (Phi) is 5.48. The molecule has 5 rings (SSSR count). The molecule has 8 heteroatoms. The van der Waals surface area contributed by atoms with Crippen molar-refractivity contribution in [3.63, 3.8) is 0 Å². The highest BCUT2D eigenvalue weighted by molar-refractivity contribution is 7.15. The lowest BCUT2D eigenvalue weighted by atomic mass is 9.97. The van der Waals surface area contributed by atoms with Crippen LogP contribution in [0.25, 0.3) is 21.8 Å². The van der Waals surface area contributed by atoms with Gasteiger partial charge in [-0.2, -0.15) is 0 Å². The molecular formula is C25H27N3O4S. The average molecular weight is 466 g/mol. The van der Waals surface area contributed by atoms with Gasteiger partial charge in [0, 0.05) is 34.9 Å². The molecule has 3 aromatic rings. The number of carboxylic acid groups (broad SMARTS) is 1. The number of benzene rings is 1. The molecule has 0 saturated heterocycles. The highest BCUT2D eigenvalue weighted by Gasteiger charge is 2.28. The third-order valence-electron chi connectivity index (χ3n) is 6.45. The minimum absolute atomic E-state index is 0.0977. The number of fused-ring (bicyclic) bond motifs is 3. The second-order valence-corrected chi connectivity index (χ2v) is 10.2. The van der Waals surface area contributed by atoms with Gasteiger partial charge in [-0.3, -0.25) is 9.47 Å². The second-order valence-electron chi connectivity index (χ2n) is 9.10. The molecule has 0 unspecified atom stereocenters.